The van der Waals surface area contributed by atoms with Gasteiger partial charge in [-0.1, -0.05) is 32.6 Å². The van der Waals surface area contributed by atoms with E-state index in [0.717, 1.165) is 25.8 Å². The Kier molecular flexibility index (Phi) is 4.31. The summed E-state index contributed by atoms with van der Waals surface area (Å²) in [6.45, 7) is 3.66. The van der Waals surface area contributed by atoms with Crippen LogP contribution in [0.3, 0.4) is 0 Å². The molecule has 3 nitrogen and oxygen atoms in total. The first-order valence-electron chi connectivity index (χ1n) is 7.65. The van der Waals surface area contributed by atoms with Crippen molar-refractivity contribution in [2.45, 2.75) is 64.7 Å². The van der Waals surface area contributed by atoms with E-state index in [-0.39, 0.29) is 10.8 Å². The van der Waals surface area contributed by atoms with Crippen LogP contribution in [-0.2, 0) is 4.79 Å². The molecule has 2 aliphatic carbocycles. The van der Waals surface area contributed by atoms with Crippen LogP contribution in [0.4, 0.5) is 0 Å². The van der Waals surface area contributed by atoms with Crippen LogP contribution in [0.25, 0.3) is 0 Å². The Hall–Kier alpha value is -0.570. The summed E-state index contributed by atoms with van der Waals surface area (Å²) in [5.41, 5.74) is 6.06. The molecule has 0 bridgehead atoms. The monoisotopic (exact) mass is 252 g/mol. The smallest absolute Gasteiger partial charge is 0.226 e. The van der Waals surface area contributed by atoms with E-state index < -0.39 is 0 Å². The molecule has 2 saturated carbocycles. The lowest BCUT2D eigenvalue weighted by atomic mass is 9.81. The van der Waals surface area contributed by atoms with Crippen LogP contribution in [0.2, 0.25) is 0 Å². The van der Waals surface area contributed by atoms with E-state index in [1.807, 2.05) is 0 Å². The fourth-order valence-electron chi connectivity index (χ4n) is 3.83. The molecule has 2 rings (SSSR count). The van der Waals surface area contributed by atoms with Gasteiger partial charge >= 0.3 is 0 Å². The van der Waals surface area contributed by atoms with Gasteiger partial charge in [-0.3, -0.25) is 4.79 Å². The lowest BCUT2D eigenvalue weighted by Crippen LogP contribution is -2.46. The van der Waals surface area contributed by atoms with Crippen LogP contribution in [0, 0.1) is 10.8 Å². The second-order valence-electron chi connectivity index (χ2n) is 6.43. The molecule has 0 radical (unpaired) electrons. The van der Waals surface area contributed by atoms with Crippen molar-refractivity contribution in [1.29, 1.82) is 0 Å². The van der Waals surface area contributed by atoms with Gasteiger partial charge in [0.2, 0.25) is 5.91 Å². The molecule has 0 aromatic heterocycles. The van der Waals surface area contributed by atoms with Gasteiger partial charge in [0.1, 0.15) is 0 Å². The van der Waals surface area contributed by atoms with E-state index in [1.165, 1.54) is 38.5 Å². The molecule has 0 unspecified atom stereocenters. The topological polar surface area (TPSA) is 55.1 Å². The summed E-state index contributed by atoms with van der Waals surface area (Å²) < 4.78 is 0. The number of carbonyl (C=O) groups is 1. The summed E-state index contributed by atoms with van der Waals surface area (Å²) >= 11 is 0. The number of rotatable bonds is 5. The summed E-state index contributed by atoms with van der Waals surface area (Å²) in [7, 11) is 0. The first kappa shape index (κ1) is 13.9. The lowest BCUT2D eigenvalue weighted by molar-refractivity contribution is -0.131. The van der Waals surface area contributed by atoms with Gasteiger partial charge < -0.3 is 11.1 Å². The van der Waals surface area contributed by atoms with Gasteiger partial charge in [0, 0.05) is 12.0 Å². The average Bonchev–Trinajstić information content (AvgIpc) is 3.06. The van der Waals surface area contributed by atoms with Gasteiger partial charge in [-0.25, -0.2) is 0 Å². The van der Waals surface area contributed by atoms with Gasteiger partial charge in [-0.05, 0) is 44.1 Å². The minimum atomic E-state index is -0.0611. The standard InChI is InChI=1S/C15H28N2O/c1-2-15(9-5-6-10-15)13(18)17-12-14(11-16)7-3-4-8-14/h2-12,16H2,1H3,(H,17,18). The van der Waals surface area contributed by atoms with Crippen LogP contribution < -0.4 is 11.1 Å². The number of nitrogens with two attached hydrogens (primary N) is 1. The fraction of sp³-hybridized carbons (Fsp3) is 0.933. The van der Waals surface area contributed by atoms with Crippen LogP contribution in [0.1, 0.15) is 64.7 Å². The van der Waals surface area contributed by atoms with Crippen LogP contribution in [-0.4, -0.2) is 19.0 Å². The molecular weight excluding hydrogens is 224 g/mol. The summed E-state index contributed by atoms with van der Waals surface area (Å²) in [4.78, 5) is 12.5. The molecule has 0 saturated heterocycles. The molecule has 0 atom stereocenters. The Morgan fingerprint density at radius 1 is 1.11 bits per heavy atom. The highest BCUT2D eigenvalue weighted by atomic mass is 16.2. The number of hydrogen-bond donors (Lipinski definition) is 2. The number of hydrogen-bond acceptors (Lipinski definition) is 2. The van der Waals surface area contributed by atoms with E-state index in [0.29, 0.717) is 12.5 Å². The van der Waals surface area contributed by atoms with E-state index in [9.17, 15) is 4.79 Å². The SMILES string of the molecule is CCC1(C(=O)NCC2(CN)CCCC2)CCCC1. The van der Waals surface area contributed by atoms with Crippen molar-refractivity contribution in [2.75, 3.05) is 13.1 Å². The zero-order chi connectivity index (χ0) is 13.1. The molecular formula is C15H28N2O. The highest BCUT2D eigenvalue weighted by Crippen LogP contribution is 2.42. The molecule has 1 amide bonds. The maximum atomic E-state index is 12.5. The molecule has 2 fully saturated rings. The maximum absolute atomic E-state index is 12.5. The summed E-state index contributed by atoms with van der Waals surface area (Å²) in [6.07, 6.45) is 10.5. The highest BCUT2D eigenvalue weighted by Gasteiger charge is 2.40. The molecule has 18 heavy (non-hydrogen) atoms. The minimum Gasteiger partial charge on any atom is -0.355 e. The van der Waals surface area contributed by atoms with Crippen LogP contribution in [0.5, 0.6) is 0 Å². The van der Waals surface area contributed by atoms with Crippen LogP contribution >= 0.6 is 0 Å². The fourth-order valence-corrected chi connectivity index (χ4v) is 3.83. The highest BCUT2D eigenvalue weighted by molar-refractivity contribution is 5.82. The number of carbonyl (C=O) groups excluding carboxylic acids is 1. The Balaban J connectivity index is 1.91. The molecule has 2 aliphatic rings. The minimum absolute atomic E-state index is 0.0611. The van der Waals surface area contributed by atoms with Gasteiger partial charge in [0.25, 0.3) is 0 Å². The zero-order valence-electron chi connectivity index (χ0n) is 11.8. The third-order valence-corrected chi connectivity index (χ3v) is 5.44. The van der Waals surface area contributed by atoms with Crippen molar-refractivity contribution in [3.8, 4) is 0 Å². The summed E-state index contributed by atoms with van der Waals surface area (Å²) in [5, 5.41) is 3.23. The zero-order valence-corrected chi connectivity index (χ0v) is 11.8. The quantitative estimate of drug-likeness (QED) is 0.790. The van der Waals surface area contributed by atoms with Crippen molar-refractivity contribution in [3.63, 3.8) is 0 Å². The number of nitrogens with one attached hydrogen (secondary N) is 1. The molecule has 0 heterocycles. The Morgan fingerprint density at radius 2 is 1.67 bits per heavy atom. The predicted octanol–water partition coefficient (Wildman–Crippen LogP) is 2.59. The van der Waals surface area contributed by atoms with E-state index >= 15 is 0 Å². The van der Waals surface area contributed by atoms with Crippen molar-refractivity contribution >= 4 is 5.91 Å². The lowest BCUT2D eigenvalue weighted by Gasteiger charge is -2.31. The third-order valence-electron chi connectivity index (χ3n) is 5.44. The van der Waals surface area contributed by atoms with E-state index in [2.05, 4.69) is 12.2 Å². The normalized spacial score (nSPS) is 25.2. The van der Waals surface area contributed by atoms with Gasteiger partial charge in [-0.2, -0.15) is 0 Å². The summed E-state index contributed by atoms with van der Waals surface area (Å²) in [6, 6.07) is 0. The largest absolute Gasteiger partial charge is 0.355 e. The molecule has 104 valence electrons. The van der Waals surface area contributed by atoms with E-state index in [4.69, 9.17) is 5.73 Å². The molecule has 0 aromatic rings. The molecule has 0 aromatic carbocycles. The Morgan fingerprint density at radius 3 is 2.17 bits per heavy atom. The van der Waals surface area contributed by atoms with Gasteiger partial charge in [0.05, 0.1) is 0 Å². The molecule has 3 N–H and O–H groups in total. The van der Waals surface area contributed by atoms with E-state index in [1.54, 1.807) is 0 Å². The summed E-state index contributed by atoms with van der Waals surface area (Å²) in [5.74, 6) is 0.294. The van der Waals surface area contributed by atoms with Crippen molar-refractivity contribution in [2.24, 2.45) is 16.6 Å². The average molecular weight is 252 g/mol. The number of amides is 1. The second-order valence-corrected chi connectivity index (χ2v) is 6.43. The third kappa shape index (κ3) is 2.56. The first-order chi connectivity index (χ1) is 8.66. The van der Waals surface area contributed by atoms with Crippen LogP contribution in [0.15, 0.2) is 0 Å². The predicted molar refractivity (Wildman–Crippen MR) is 74.2 cm³/mol. The Labute approximate surface area is 111 Å². The van der Waals surface area contributed by atoms with Gasteiger partial charge in [-0.15, -0.1) is 0 Å². The first-order valence-corrected chi connectivity index (χ1v) is 7.65. The molecule has 0 spiro atoms. The maximum Gasteiger partial charge on any atom is 0.226 e. The van der Waals surface area contributed by atoms with Crippen molar-refractivity contribution < 1.29 is 4.79 Å². The molecule has 0 aliphatic heterocycles. The van der Waals surface area contributed by atoms with Crippen molar-refractivity contribution in [1.82, 2.24) is 5.32 Å². The molecule has 3 heteroatoms. The van der Waals surface area contributed by atoms with Crippen molar-refractivity contribution in [3.05, 3.63) is 0 Å². The van der Waals surface area contributed by atoms with Gasteiger partial charge in [0.15, 0.2) is 0 Å². The second kappa shape index (κ2) is 5.60. The Bertz CT molecular complexity index is 289.